The lowest BCUT2D eigenvalue weighted by Gasteiger charge is -2.11. The molecule has 0 saturated heterocycles. The Labute approximate surface area is 119 Å². The number of aromatic nitrogens is 4. The summed E-state index contributed by atoms with van der Waals surface area (Å²) in [6.07, 6.45) is 9.12. The minimum absolute atomic E-state index is 0.0917. The Morgan fingerprint density at radius 2 is 2.29 bits per heavy atom. The van der Waals surface area contributed by atoms with Crippen LogP contribution >= 0.6 is 0 Å². The van der Waals surface area contributed by atoms with Gasteiger partial charge in [-0.15, -0.1) is 12.3 Å². The van der Waals surface area contributed by atoms with Crippen molar-refractivity contribution in [3.63, 3.8) is 0 Å². The highest BCUT2D eigenvalue weighted by molar-refractivity contribution is 5.96. The number of nitrogens with one attached hydrogen (secondary N) is 1. The molecule has 0 aliphatic carbocycles. The number of nitrogens with zero attached hydrogens (tertiary/aromatic N) is 4. The first-order valence-corrected chi connectivity index (χ1v) is 5.90. The highest BCUT2D eigenvalue weighted by atomic mass is 16.4. The quantitative estimate of drug-likeness (QED) is 0.740. The van der Waals surface area contributed by atoms with Gasteiger partial charge in [0.15, 0.2) is 5.82 Å². The first kappa shape index (κ1) is 14.2. The average Bonchev–Trinajstić information content (AvgIpc) is 3.01. The van der Waals surface area contributed by atoms with Gasteiger partial charge >= 0.3 is 5.97 Å². The van der Waals surface area contributed by atoms with Crippen LogP contribution in [0.3, 0.4) is 0 Å². The number of carbonyl (C=O) groups is 2. The normalized spacial score (nSPS) is 11.4. The molecular weight excluding hydrogens is 274 g/mol. The second kappa shape index (κ2) is 6.29. The van der Waals surface area contributed by atoms with Gasteiger partial charge in [0.1, 0.15) is 18.7 Å². The van der Waals surface area contributed by atoms with Crippen LogP contribution in [0.1, 0.15) is 16.8 Å². The molecule has 2 heterocycles. The predicted octanol–water partition coefficient (Wildman–Crippen LogP) is -0.131. The summed E-state index contributed by atoms with van der Waals surface area (Å²) < 4.78 is 1.43. The largest absolute Gasteiger partial charge is 0.480 e. The van der Waals surface area contributed by atoms with E-state index in [1.54, 1.807) is 6.07 Å². The molecule has 2 aromatic heterocycles. The van der Waals surface area contributed by atoms with Gasteiger partial charge in [0, 0.05) is 12.6 Å². The molecule has 0 aromatic carbocycles. The fraction of sp³-hybridized carbons (Fsp3) is 0.154. The third-order valence-corrected chi connectivity index (χ3v) is 2.59. The monoisotopic (exact) mass is 285 g/mol. The number of rotatable bonds is 5. The molecule has 0 radical (unpaired) electrons. The van der Waals surface area contributed by atoms with Gasteiger partial charge in [0.2, 0.25) is 0 Å². The molecule has 2 aromatic rings. The molecule has 8 heteroatoms. The van der Waals surface area contributed by atoms with Crippen LogP contribution in [0.5, 0.6) is 0 Å². The van der Waals surface area contributed by atoms with Crippen molar-refractivity contribution in [1.29, 1.82) is 0 Å². The predicted molar refractivity (Wildman–Crippen MR) is 71.5 cm³/mol. The van der Waals surface area contributed by atoms with E-state index in [0.717, 1.165) is 0 Å². The number of pyridine rings is 1. The van der Waals surface area contributed by atoms with Crippen LogP contribution < -0.4 is 5.32 Å². The van der Waals surface area contributed by atoms with E-state index in [0.29, 0.717) is 5.82 Å². The smallest absolute Gasteiger partial charge is 0.327 e. The average molecular weight is 285 g/mol. The Bertz CT molecular complexity index is 673. The Morgan fingerprint density at radius 3 is 2.81 bits per heavy atom. The molecule has 1 atom stereocenters. The highest BCUT2D eigenvalue weighted by Gasteiger charge is 2.19. The van der Waals surface area contributed by atoms with Crippen LogP contribution in [-0.2, 0) is 4.79 Å². The van der Waals surface area contributed by atoms with Crippen molar-refractivity contribution in [2.24, 2.45) is 0 Å². The lowest BCUT2D eigenvalue weighted by atomic mass is 10.2. The summed E-state index contributed by atoms with van der Waals surface area (Å²) in [6.45, 7) is 0. The zero-order valence-corrected chi connectivity index (χ0v) is 10.8. The number of aliphatic carboxylic acids is 1. The van der Waals surface area contributed by atoms with Gasteiger partial charge in [-0.2, -0.15) is 5.10 Å². The van der Waals surface area contributed by atoms with E-state index in [1.165, 1.54) is 29.6 Å². The highest BCUT2D eigenvalue weighted by Crippen LogP contribution is 2.05. The summed E-state index contributed by atoms with van der Waals surface area (Å²) >= 11 is 0. The molecule has 106 valence electrons. The van der Waals surface area contributed by atoms with E-state index in [2.05, 4.69) is 26.3 Å². The van der Waals surface area contributed by atoms with Gasteiger partial charge in [0.05, 0.1) is 5.56 Å². The van der Waals surface area contributed by atoms with Crippen LogP contribution in [0, 0.1) is 12.3 Å². The molecule has 1 unspecified atom stereocenters. The Kier molecular flexibility index (Phi) is 4.26. The van der Waals surface area contributed by atoms with Crippen molar-refractivity contribution in [2.45, 2.75) is 12.5 Å². The standard InChI is InChI=1S/C13H11N5O3/c1-2-3-10(13(20)21)17-12(19)9-4-5-11(15-6-9)18-8-14-7-16-18/h1,4-8,10H,3H2,(H,17,19)(H,20,21). The van der Waals surface area contributed by atoms with Crippen LogP contribution in [0.4, 0.5) is 0 Å². The maximum Gasteiger partial charge on any atom is 0.327 e. The molecule has 0 spiro atoms. The van der Waals surface area contributed by atoms with E-state index < -0.39 is 17.9 Å². The second-order valence-electron chi connectivity index (χ2n) is 4.02. The van der Waals surface area contributed by atoms with Crippen molar-refractivity contribution < 1.29 is 14.7 Å². The molecule has 2 rings (SSSR count). The van der Waals surface area contributed by atoms with Crippen LogP contribution in [0.2, 0.25) is 0 Å². The van der Waals surface area contributed by atoms with Crippen LogP contribution in [-0.4, -0.2) is 42.8 Å². The van der Waals surface area contributed by atoms with E-state index in [1.807, 2.05) is 0 Å². The van der Waals surface area contributed by atoms with Gasteiger partial charge in [0.25, 0.3) is 5.91 Å². The molecule has 1 amide bonds. The maximum absolute atomic E-state index is 11.9. The van der Waals surface area contributed by atoms with Crippen molar-refractivity contribution >= 4 is 11.9 Å². The van der Waals surface area contributed by atoms with Crippen molar-refractivity contribution in [1.82, 2.24) is 25.1 Å². The van der Waals surface area contributed by atoms with Crippen LogP contribution in [0.15, 0.2) is 31.0 Å². The minimum Gasteiger partial charge on any atom is -0.480 e. The van der Waals surface area contributed by atoms with Gasteiger partial charge in [-0.05, 0) is 12.1 Å². The number of hydrogen-bond acceptors (Lipinski definition) is 5. The number of amides is 1. The van der Waals surface area contributed by atoms with E-state index in [9.17, 15) is 9.59 Å². The van der Waals surface area contributed by atoms with Gasteiger partial charge in [-0.3, -0.25) is 4.79 Å². The summed E-state index contributed by atoms with van der Waals surface area (Å²) in [5, 5.41) is 15.2. The fourth-order valence-corrected chi connectivity index (χ4v) is 1.54. The fourth-order valence-electron chi connectivity index (χ4n) is 1.54. The van der Waals surface area contributed by atoms with Gasteiger partial charge in [-0.25, -0.2) is 19.4 Å². The minimum atomic E-state index is -1.19. The third-order valence-electron chi connectivity index (χ3n) is 2.59. The topological polar surface area (TPSA) is 110 Å². The van der Waals surface area contributed by atoms with E-state index in [4.69, 9.17) is 11.5 Å². The zero-order valence-electron chi connectivity index (χ0n) is 10.8. The number of hydrogen-bond donors (Lipinski definition) is 2. The van der Waals surface area contributed by atoms with Crippen molar-refractivity contribution in [3.05, 3.63) is 36.5 Å². The lowest BCUT2D eigenvalue weighted by molar-refractivity contribution is -0.139. The lowest BCUT2D eigenvalue weighted by Crippen LogP contribution is -2.40. The summed E-state index contributed by atoms with van der Waals surface area (Å²) in [4.78, 5) is 30.7. The molecule has 0 bridgehead atoms. The summed E-state index contributed by atoms with van der Waals surface area (Å²) in [7, 11) is 0. The van der Waals surface area contributed by atoms with Crippen molar-refractivity contribution in [2.75, 3.05) is 0 Å². The molecule has 0 fully saturated rings. The first-order valence-electron chi connectivity index (χ1n) is 5.90. The summed E-state index contributed by atoms with van der Waals surface area (Å²) in [5.41, 5.74) is 0.224. The first-order chi connectivity index (χ1) is 10.1. The molecule has 0 aliphatic rings. The Morgan fingerprint density at radius 1 is 1.48 bits per heavy atom. The van der Waals surface area contributed by atoms with Gasteiger partial charge in [-0.1, -0.05) is 0 Å². The van der Waals surface area contributed by atoms with E-state index >= 15 is 0 Å². The molecular formula is C13H11N5O3. The Balaban J connectivity index is 2.10. The molecule has 2 N–H and O–H groups in total. The summed E-state index contributed by atoms with van der Waals surface area (Å²) in [6, 6.07) is 1.95. The van der Waals surface area contributed by atoms with Crippen LogP contribution in [0.25, 0.3) is 5.82 Å². The second-order valence-corrected chi connectivity index (χ2v) is 4.02. The number of carboxylic acid groups (broad SMARTS) is 1. The maximum atomic E-state index is 11.9. The zero-order chi connectivity index (χ0) is 15.2. The number of carbonyl (C=O) groups excluding carboxylic acids is 1. The SMILES string of the molecule is C#CCC(NC(=O)c1ccc(-n2cncn2)nc1)C(=O)O. The number of terminal acetylenes is 1. The van der Waals surface area contributed by atoms with Crippen molar-refractivity contribution in [3.8, 4) is 18.2 Å². The molecule has 0 saturated carbocycles. The summed E-state index contributed by atoms with van der Waals surface area (Å²) in [5.74, 6) is 0.946. The third kappa shape index (κ3) is 3.42. The van der Waals surface area contributed by atoms with Gasteiger partial charge < -0.3 is 10.4 Å². The molecule has 0 aliphatic heterocycles. The number of carboxylic acids is 1. The molecule has 21 heavy (non-hydrogen) atoms. The molecule has 8 nitrogen and oxygen atoms in total. The van der Waals surface area contributed by atoms with E-state index in [-0.39, 0.29) is 12.0 Å². The Hall–Kier alpha value is -3.21.